The van der Waals surface area contributed by atoms with E-state index >= 15 is 0 Å². The van der Waals surface area contributed by atoms with Crippen LogP contribution in [0.25, 0.3) is 0 Å². The molecule has 0 unspecified atom stereocenters. The second-order valence-electron chi connectivity index (χ2n) is 4.44. The van der Waals surface area contributed by atoms with E-state index in [1.807, 2.05) is 6.92 Å². The third-order valence-corrected chi connectivity index (χ3v) is 3.82. The number of halogens is 2. The zero-order chi connectivity index (χ0) is 13.6. The second kappa shape index (κ2) is 5.46. The van der Waals surface area contributed by atoms with Gasteiger partial charge in [-0.05, 0) is 28.9 Å². The lowest BCUT2D eigenvalue weighted by Crippen LogP contribution is -2.37. The fraction of sp³-hybridized carbons (Fsp3) is 0.231. The predicted molar refractivity (Wildman–Crippen MR) is 78.7 cm³/mol. The van der Waals surface area contributed by atoms with Crippen LogP contribution in [0.2, 0.25) is 0 Å². The first-order valence-electron chi connectivity index (χ1n) is 5.78. The monoisotopic (exact) mass is 358 g/mol. The van der Waals surface area contributed by atoms with E-state index in [1.165, 1.54) is 6.07 Å². The van der Waals surface area contributed by atoms with Gasteiger partial charge in [-0.15, -0.1) is 12.4 Å². The number of fused-ring (bicyclic) bond motifs is 1. The van der Waals surface area contributed by atoms with Crippen LogP contribution in [0.4, 0.5) is 0 Å². The Kier molecular flexibility index (Phi) is 4.06. The highest BCUT2D eigenvalue weighted by atomic mass is 79.9. The van der Waals surface area contributed by atoms with Gasteiger partial charge in [-0.3, -0.25) is 4.79 Å². The second-order valence-corrected chi connectivity index (χ2v) is 5.30. The Labute approximate surface area is 130 Å². The maximum Gasteiger partial charge on any atom is 0.193 e. The molecule has 0 fully saturated rings. The smallest absolute Gasteiger partial charge is 0.193 e. The summed E-state index contributed by atoms with van der Waals surface area (Å²) in [6.07, 6.45) is 4.64. The summed E-state index contributed by atoms with van der Waals surface area (Å²) in [4.78, 5) is 16.5. The Balaban J connectivity index is 0.00000147. The molecule has 1 aromatic carbocycles. The predicted octanol–water partition coefficient (Wildman–Crippen LogP) is 2.98. The lowest BCUT2D eigenvalue weighted by atomic mass is 9.96. The van der Waals surface area contributed by atoms with Crippen LogP contribution in [0, 0.1) is 0 Å². The van der Waals surface area contributed by atoms with Gasteiger partial charge in [-0.25, -0.2) is 4.98 Å². The summed E-state index contributed by atoms with van der Waals surface area (Å²) in [5.74, 6) is 0.418. The van der Waals surface area contributed by atoms with Gasteiger partial charge in [0, 0.05) is 18.5 Å². The minimum atomic E-state index is -0.438. The highest BCUT2D eigenvalue weighted by Gasteiger charge is 2.36. The van der Waals surface area contributed by atoms with Crippen molar-refractivity contribution in [3.63, 3.8) is 0 Å². The van der Waals surface area contributed by atoms with E-state index in [1.54, 1.807) is 29.4 Å². The number of phenolic OH excluding ortho intramolecular Hbond substituents is 1. The number of ether oxygens (including phenoxy) is 1. The standard InChI is InChI=1S/C13H11BrN2O3.ClH/c1-7-12(16-3-2-15-6-16)13(18)8-4-9(14)10(17)5-11(8)19-7;/h2-7,12,17H,1H3;1H/t7-,12-;/m0./s1. The Morgan fingerprint density at radius 2 is 2.20 bits per heavy atom. The van der Waals surface area contributed by atoms with Crippen molar-refractivity contribution in [3.05, 3.63) is 40.9 Å². The molecule has 2 heterocycles. The SMILES string of the molecule is C[C@@H]1Oc2cc(O)c(Br)cc2C(=O)[C@H]1n1ccnc1.Cl. The van der Waals surface area contributed by atoms with E-state index in [9.17, 15) is 9.90 Å². The topological polar surface area (TPSA) is 64.3 Å². The number of carbonyl (C=O) groups is 1. The van der Waals surface area contributed by atoms with E-state index in [-0.39, 0.29) is 30.0 Å². The molecule has 20 heavy (non-hydrogen) atoms. The summed E-state index contributed by atoms with van der Waals surface area (Å²) in [5.41, 5.74) is 0.460. The number of aromatic hydroxyl groups is 1. The molecule has 1 aromatic heterocycles. The van der Waals surface area contributed by atoms with Crippen molar-refractivity contribution < 1.29 is 14.6 Å². The summed E-state index contributed by atoms with van der Waals surface area (Å²) in [6, 6.07) is 2.60. The Bertz CT molecular complexity index is 645. The first-order valence-corrected chi connectivity index (χ1v) is 6.58. The Hall–Kier alpha value is -1.53. The Morgan fingerprint density at radius 3 is 2.85 bits per heavy atom. The highest BCUT2D eigenvalue weighted by Crippen LogP contribution is 2.39. The lowest BCUT2D eigenvalue weighted by molar-refractivity contribution is 0.0717. The quantitative estimate of drug-likeness (QED) is 0.850. The molecule has 0 aliphatic carbocycles. The van der Waals surface area contributed by atoms with Crippen molar-refractivity contribution >= 4 is 34.1 Å². The highest BCUT2D eigenvalue weighted by molar-refractivity contribution is 9.10. The molecule has 5 nitrogen and oxygen atoms in total. The summed E-state index contributed by atoms with van der Waals surface area (Å²) in [6.45, 7) is 1.82. The van der Waals surface area contributed by atoms with Crippen molar-refractivity contribution in [1.82, 2.24) is 9.55 Å². The number of carbonyl (C=O) groups excluding carboxylic acids is 1. The summed E-state index contributed by atoms with van der Waals surface area (Å²) in [5, 5.41) is 9.64. The van der Waals surface area contributed by atoms with Gasteiger partial charge in [0.1, 0.15) is 23.6 Å². The van der Waals surface area contributed by atoms with Crippen LogP contribution in [0.3, 0.4) is 0 Å². The van der Waals surface area contributed by atoms with Gasteiger partial charge in [0.05, 0.1) is 16.4 Å². The minimum absolute atomic E-state index is 0. The van der Waals surface area contributed by atoms with Crippen LogP contribution in [0.5, 0.6) is 11.5 Å². The van der Waals surface area contributed by atoms with Crippen molar-refractivity contribution in [1.29, 1.82) is 0 Å². The number of hydrogen-bond donors (Lipinski definition) is 1. The molecule has 2 aromatic rings. The molecular formula is C13H12BrClN2O3. The number of rotatable bonds is 1. The van der Waals surface area contributed by atoms with Crippen molar-refractivity contribution in [2.45, 2.75) is 19.1 Å². The zero-order valence-corrected chi connectivity index (χ0v) is 12.9. The number of benzene rings is 1. The fourth-order valence-electron chi connectivity index (χ4n) is 2.28. The number of aromatic nitrogens is 2. The van der Waals surface area contributed by atoms with E-state index in [0.717, 1.165) is 0 Å². The molecule has 0 amide bonds. The molecule has 0 bridgehead atoms. The van der Waals surface area contributed by atoms with Gasteiger partial charge < -0.3 is 14.4 Å². The molecule has 106 valence electrons. The summed E-state index contributed by atoms with van der Waals surface area (Å²) >= 11 is 3.21. The Morgan fingerprint density at radius 1 is 1.45 bits per heavy atom. The molecule has 0 saturated heterocycles. The third-order valence-electron chi connectivity index (χ3n) is 3.19. The molecular weight excluding hydrogens is 348 g/mol. The molecule has 0 radical (unpaired) electrons. The first kappa shape index (κ1) is 14.9. The number of ketones is 1. The zero-order valence-electron chi connectivity index (χ0n) is 10.5. The normalized spacial score (nSPS) is 20.8. The fourth-order valence-corrected chi connectivity index (χ4v) is 2.63. The number of nitrogens with zero attached hydrogens (tertiary/aromatic N) is 2. The maximum absolute atomic E-state index is 12.6. The van der Waals surface area contributed by atoms with Crippen LogP contribution >= 0.6 is 28.3 Å². The molecule has 2 atom stereocenters. The van der Waals surface area contributed by atoms with Crippen LogP contribution in [-0.2, 0) is 0 Å². The van der Waals surface area contributed by atoms with E-state index in [0.29, 0.717) is 15.8 Å². The van der Waals surface area contributed by atoms with Crippen molar-refractivity contribution in [2.75, 3.05) is 0 Å². The first-order chi connectivity index (χ1) is 9.08. The third kappa shape index (κ3) is 2.29. The van der Waals surface area contributed by atoms with E-state index in [4.69, 9.17) is 4.74 Å². The lowest BCUT2D eigenvalue weighted by Gasteiger charge is -2.31. The minimum Gasteiger partial charge on any atom is -0.507 e. The van der Waals surface area contributed by atoms with E-state index < -0.39 is 6.04 Å². The van der Waals surface area contributed by atoms with Crippen LogP contribution < -0.4 is 4.74 Å². The molecule has 0 spiro atoms. The number of Topliss-reactive ketones (excluding diaryl/α,β-unsaturated/α-hetero) is 1. The average Bonchev–Trinajstić information content (AvgIpc) is 2.86. The molecule has 1 aliphatic rings. The number of phenols is 1. The van der Waals surface area contributed by atoms with Gasteiger partial charge in [0.15, 0.2) is 5.78 Å². The van der Waals surface area contributed by atoms with Gasteiger partial charge in [-0.1, -0.05) is 0 Å². The van der Waals surface area contributed by atoms with Gasteiger partial charge in [0.25, 0.3) is 0 Å². The van der Waals surface area contributed by atoms with Crippen LogP contribution in [0.1, 0.15) is 23.3 Å². The van der Waals surface area contributed by atoms with E-state index in [2.05, 4.69) is 20.9 Å². The summed E-state index contributed by atoms with van der Waals surface area (Å²) < 4.78 is 7.93. The molecule has 1 aliphatic heterocycles. The molecule has 3 rings (SSSR count). The molecule has 7 heteroatoms. The van der Waals surface area contributed by atoms with Gasteiger partial charge in [0.2, 0.25) is 0 Å². The number of hydrogen-bond acceptors (Lipinski definition) is 4. The average molecular weight is 360 g/mol. The maximum atomic E-state index is 12.6. The molecule has 0 saturated carbocycles. The summed E-state index contributed by atoms with van der Waals surface area (Å²) in [7, 11) is 0. The molecule has 1 N–H and O–H groups in total. The van der Waals surface area contributed by atoms with Crippen molar-refractivity contribution in [3.8, 4) is 11.5 Å². The van der Waals surface area contributed by atoms with Crippen LogP contribution in [-0.4, -0.2) is 26.5 Å². The largest absolute Gasteiger partial charge is 0.507 e. The number of imidazole rings is 1. The van der Waals surface area contributed by atoms with Crippen molar-refractivity contribution in [2.24, 2.45) is 0 Å². The van der Waals surface area contributed by atoms with Gasteiger partial charge in [-0.2, -0.15) is 0 Å². The van der Waals surface area contributed by atoms with Gasteiger partial charge >= 0.3 is 0 Å². The van der Waals surface area contributed by atoms with Crippen LogP contribution in [0.15, 0.2) is 35.3 Å².